The number of methoxy groups -OCH3 is 1. The van der Waals surface area contributed by atoms with Gasteiger partial charge in [-0.1, -0.05) is 47.3 Å². The van der Waals surface area contributed by atoms with E-state index in [1.54, 1.807) is 7.11 Å². The molecule has 172 valence electrons. The fraction of sp³-hybridized carbons (Fsp3) is 0.333. The third kappa shape index (κ3) is 5.09. The molecule has 0 bridgehead atoms. The Morgan fingerprint density at radius 1 is 1.12 bits per heavy atom. The van der Waals surface area contributed by atoms with Crippen molar-refractivity contribution in [1.29, 1.82) is 0 Å². The van der Waals surface area contributed by atoms with Crippen molar-refractivity contribution in [3.8, 4) is 5.82 Å². The molecule has 0 saturated heterocycles. The lowest BCUT2D eigenvalue weighted by Gasteiger charge is -2.10. The minimum Gasteiger partial charge on any atom is -0.383 e. The molecule has 0 radical (unpaired) electrons. The van der Waals surface area contributed by atoms with Crippen molar-refractivity contribution in [1.82, 2.24) is 24.5 Å². The molecule has 33 heavy (non-hydrogen) atoms. The third-order valence-corrected chi connectivity index (χ3v) is 6.39. The van der Waals surface area contributed by atoms with E-state index in [0.717, 1.165) is 28.5 Å². The van der Waals surface area contributed by atoms with Gasteiger partial charge in [0.2, 0.25) is 0 Å². The van der Waals surface area contributed by atoms with Crippen LogP contribution in [0, 0.1) is 20.8 Å². The molecular formula is C24H27N5O3S. The zero-order valence-electron chi connectivity index (χ0n) is 19.2. The van der Waals surface area contributed by atoms with Crippen LogP contribution < -0.4 is 0 Å². The number of Topliss-reactive ketones (excluding diaryl/α,β-unsaturated/α-hetero) is 1. The Balaban J connectivity index is 1.51. The van der Waals surface area contributed by atoms with Crippen LogP contribution in [0.2, 0.25) is 0 Å². The van der Waals surface area contributed by atoms with Crippen molar-refractivity contribution in [2.24, 2.45) is 0 Å². The standard InChI is InChI=1S/C24H27N5O3S/c1-16-12-20(18(3)29(16)23-13-17(2)32-27-23)21(30)15-33-24-26-25-22(28(24)10-11-31-4)14-19-8-6-5-7-9-19/h5-9,12-13H,10-11,14-15H2,1-4H3. The van der Waals surface area contributed by atoms with Crippen LogP contribution in [0.25, 0.3) is 5.82 Å². The molecule has 0 aliphatic heterocycles. The molecule has 0 fully saturated rings. The Bertz CT molecular complexity index is 1240. The topological polar surface area (TPSA) is 88.0 Å². The first-order valence-electron chi connectivity index (χ1n) is 10.7. The molecular weight excluding hydrogens is 438 g/mol. The minimum absolute atomic E-state index is 0.0328. The van der Waals surface area contributed by atoms with Crippen LogP contribution in [0.3, 0.4) is 0 Å². The normalized spacial score (nSPS) is 11.3. The van der Waals surface area contributed by atoms with Crippen LogP contribution in [-0.2, 0) is 17.7 Å². The van der Waals surface area contributed by atoms with Crippen molar-refractivity contribution in [2.75, 3.05) is 19.5 Å². The summed E-state index contributed by atoms with van der Waals surface area (Å²) >= 11 is 1.40. The third-order valence-electron chi connectivity index (χ3n) is 5.43. The number of ether oxygens (including phenoxy) is 1. The van der Waals surface area contributed by atoms with Gasteiger partial charge in [0.25, 0.3) is 0 Å². The maximum atomic E-state index is 13.1. The number of hydrogen-bond donors (Lipinski definition) is 0. The quantitative estimate of drug-likeness (QED) is 0.256. The molecule has 0 spiro atoms. The first kappa shape index (κ1) is 23.0. The molecule has 0 aliphatic carbocycles. The number of aryl methyl sites for hydroxylation is 2. The number of aromatic nitrogens is 5. The van der Waals surface area contributed by atoms with Crippen LogP contribution in [0.5, 0.6) is 0 Å². The molecule has 0 saturated carbocycles. The summed E-state index contributed by atoms with van der Waals surface area (Å²) in [7, 11) is 1.67. The van der Waals surface area contributed by atoms with Crippen molar-refractivity contribution < 1.29 is 14.1 Å². The van der Waals surface area contributed by atoms with Gasteiger partial charge >= 0.3 is 0 Å². The Labute approximate surface area is 196 Å². The fourth-order valence-electron chi connectivity index (χ4n) is 3.81. The lowest BCUT2D eigenvalue weighted by molar-refractivity contribution is 0.102. The summed E-state index contributed by atoms with van der Waals surface area (Å²) in [5.41, 5.74) is 3.61. The van der Waals surface area contributed by atoms with Crippen molar-refractivity contribution in [3.05, 3.63) is 76.6 Å². The monoisotopic (exact) mass is 465 g/mol. The smallest absolute Gasteiger partial charge is 0.191 e. The summed E-state index contributed by atoms with van der Waals surface area (Å²) in [5.74, 6) is 2.55. The highest BCUT2D eigenvalue weighted by molar-refractivity contribution is 7.99. The average molecular weight is 466 g/mol. The molecule has 4 rings (SSSR count). The summed E-state index contributed by atoms with van der Waals surface area (Å²) in [6.07, 6.45) is 0.671. The highest BCUT2D eigenvalue weighted by Gasteiger charge is 2.20. The van der Waals surface area contributed by atoms with Crippen LogP contribution in [0.1, 0.15) is 38.9 Å². The number of ketones is 1. The van der Waals surface area contributed by atoms with Gasteiger partial charge in [0.15, 0.2) is 16.8 Å². The Morgan fingerprint density at radius 2 is 1.91 bits per heavy atom. The Kier molecular flexibility index (Phi) is 7.10. The second-order valence-electron chi connectivity index (χ2n) is 7.83. The van der Waals surface area contributed by atoms with E-state index in [4.69, 9.17) is 9.26 Å². The molecule has 8 nitrogen and oxygen atoms in total. The molecule has 0 aliphatic rings. The number of thioether (sulfide) groups is 1. The van der Waals surface area contributed by atoms with Crippen LogP contribution in [0.15, 0.2) is 52.1 Å². The predicted molar refractivity (Wildman–Crippen MR) is 126 cm³/mol. The second kappa shape index (κ2) is 10.2. The number of rotatable bonds is 10. The number of carbonyl (C=O) groups is 1. The lowest BCUT2D eigenvalue weighted by Crippen LogP contribution is -2.11. The van der Waals surface area contributed by atoms with Crippen LogP contribution >= 0.6 is 11.8 Å². The van der Waals surface area contributed by atoms with Gasteiger partial charge in [0.1, 0.15) is 11.6 Å². The van der Waals surface area contributed by atoms with E-state index in [1.807, 2.05) is 60.2 Å². The highest BCUT2D eigenvalue weighted by Crippen LogP contribution is 2.24. The molecule has 0 amide bonds. The van der Waals surface area contributed by atoms with Gasteiger partial charge in [0, 0.05) is 43.1 Å². The summed E-state index contributed by atoms with van der Waals surface area (Å²) in [6.45, 7) is 6.90. The summed E-state index contributed by atoms with van der Waals surface area (Å²) in [4.78, 5) is 13.1. The zero-order chi connectivity index (χ0) is 23.4. The average Bonchev–Trinajstić information content (AvgIpc) is 3.48. The number of carbonyl (C=O) groups excluding carboxylic acids is 1. The van der Waals surface area contributed by atoms with Crippen molar-refractivity contribution >= 4 is 17.5 Å². The van der Waals surface area contributed by atoms with E-state index in [-0.39, 0.29) is 11.5 Å². The van der Waals surface area contributed by atoms with E-state index < -0.39 is 0 Å². The molecule has 3 aromatic heterocycles. The second-order valence-corrected chi connectivity index (χ2v) is 8.78. The van der Waals surface area contributed by atoms with Crippen LogP contribution in [0.4, 0.5) is 0 Å². The maximum absolute atomic E-state index is 13.1. The largest absolute Gasteiger partial charge is 0.383 e. The van der Waals surface area contributed by atoms with Crippen LogP contribution in [-0.4, -0.2) is 49.7 Å². The molecule has 4 aromatic rings. The molecule has 0 N–H and O–H groups in total. The molecule has 0 atom stereocenters. The molecule has 9 heteroatoms. The fourth-order valence-corrected chi connectivity index (χ4v) is 4.67. The molecule has 3 heterocycles. The van der Waals surface area contributed by atoms with Gasteiger partial charge in [-0.3, -0.25) is 9.36 Å². The minimum atomic E-state index is 0.0328. The maximum Gasteiger partial charge on any atom is 0.191 e. The first-order chi connectivity index (χ1) is 16.0. The highest BCUT2D eigenvalue weighted by atomic mass is 32.2. The summed E-state index contributed by atoms with van der Waals surface area (Å²) in [6, 6.07) is 13.9. The molecule has 1 aromatic carbocycles. The van der Waals surface area contributed by atoms with Gasteiger partial charge in [-0.2, -0.15) is 0 Å². The predicted octanol–water partition coefficient (Wildman–Crippen LogP) is 4.19. The van der Waals surface area contributed by atoms with E-state index in [2.05, 4.69) is 27.5 Å². The van der Waals surface area contributed by atoms with Gasteiger partial charge < -0.3 is 13.8 Å². The van der Waals surface area contributed by atoms with E-state index in [9.17, 15) is 4.79 Å². The Hall–Kier alpha value is -3.17. The van der Waals surface area contributed by atoms with E-state index in [1.165, 1.54) is 11.8 Å². The van der Waals surface area contributed by atoms with Gasteiger partial charge in [-0.25, -0.2) is 0 Å². The number of hydrogen-bond acceptors (Lipinski definition) is 7. The number of nitrogens with zero attached hydrogens (tertiary/aromatic N) is 5. The zero-order valence-corrected chi connectivity index (χ0v) is 20.1. The van der Waals surface area contributed by atoms with Gasteiger partial charge in [0.05, 0.1) is 12.4 Å². The lowest BCUT2D eigenvalue weighted by atomic mass is 10.1. The van der Waals surface area contributed by atoms with Gasteiger partial charge in [-0.05, 0) is 32.4 Å². The van der Waals surface area contributed by atoms with Crippen molar-refractivity contribution in [3.63, 3.8) is 0 Å². The van der Waals surface area contributed by atoms with Gasteiger partial charge in [-0.15, -0.1) is 10.2 Å². The number of benzene rings is 1. The van der Waals surface area contributed by atoms with E-state index >= 15 is 0 Å². The van der Waals surface area contributed by atoms with E-state index in [0.29, 0.717) is 36.1 Å². The SMILES string of the molecule is COCCn1c(Cc2ccccc2)nnc1SCC(=O)c1cc(C)n(-c2cc(C)on2)c1C. The Morgan fingerprint density at radius 3 is 2.61 bits per heavy atom. The summed E-state index contributed by atoms with van der Waals surface area (Å²) < 4.78 is 14.5. The molecule has 0 unspecified atom stereocenters. The first-order valence-corrected chi connectivity index (χ1v) is 11.7. The summed E-state index contributed by atoms with van der Waals surface area (Å²) in [5, 5.41) is 13.6. The van der Waals surface area contributed by atoms with Crippen molar-refractivity contribution in [2.45, 2.75) is 38.9 Å².